The van der Waals surface area contributed by atoms with Crippen LogP contribution in [0.3, 0.4) is 0 Å². The summed E-state index contributed by atoms with van der Waals surface area (Å²) < 4.78 is 2.02. The predicted octanol–water partition coefficient (Wildman–Crippen LogP) is 4.23. The Morgan fingerprint density at radius 3 is 2.55 bits per heavy atom. The minimum atomic E-state index is -0.0393. The van der Waals surface area contributed by atoms with E-state index in [1.165, 1.54) is 0 Å². The molecule has 3 rings (SSSR count). The molecule has 1 heterocycles. The highest BCUT2D eigenvalue weighted by atomic mass is 35.5. The average molecular weight is 336 g/mol. The van der Waals surface area contributed by atoms with Gasteiger partial charge in [-0.2, -0.15) is 0 Å². The van der Waals surface area contributed by atoms with Crippen molar-refractivity contribution in [1.82, 2.24) is 4.57 Å². The van der Waals surface area contributed by atoms with Crippen molar-refractivity contribution in [2.75, 3.05) is 6.61 Å². The van der Waals surface area contributed by atoms with Gasteiger partial charge in [0.1, 0.15) is 0 Å². The first-order valence-corrected chi connectivity index (χ1v) is 7.91. The number of halogens is 2. The number of hydrogen-bond donors (Lipinski definition) is 1. The van der Waals surface area contributed by atoms with Crippen LogP contribution in [-0.4, -0.2) is 16.3 Å². The van der Waals surface area contributed by atoms with Crippen LogP contribution < -0.4 is 5.43 Å². The van der Waals surface area contributed by atoms with Crippen LogP contribution in [-0.2, 0) is 6.54 Å². The molecule has 0 amide bonds. The number of benzene rings is 2. The van der Waals surface area contributed by atoms with Crippen LogP contribution in [0.1, 0.15) is 12.8 Å². The standard InChI is InChI=1S/C17H15Cl2NO2/c18-13-8-7-12-16(15(13)19)20(9-3-4-10-21)14-6-2-1-5-11(14)17(12)22/h1-2,5-8,21H,3-4,9-10H2. The van der Waals surface area contributed by atoms with E-state index in [1.807, 2.05) is 28.8 Å². The Hall–Kier alpha value is -1.55. The summed E-state index contributed by atoms with van der Waals surface area (Å²) in [6.45, 7) is 0.808. The van der Waals surface area contributed by atoms with Crippen LogP contribution in [0.5, 0.6) is 0 Å². The summed E-state index contributed by atoms with van der Waals surface area (Å²) in [5.74, 6) is 0. The maximum atomic E-state index is 12.7. The summed E-state index contributed by atoms with van der Waals surface area (Å²) in [6, 6.07) is 10.9. The zero-order chi connectivity index (χ0) is 15.7. The molecule has 1 aromatic heterocycles. The lowest BCUT2D eigenvalue weighted by Gasteiger charge is -2.16. The first-order valence-electron chi connectivity index (χ1n) is 7.15. The van der Waals surface area contributed by atoms with Gasteiger partial charge in [-0.1, -0.05) is 35.3 Å². The Morgan fingerprint density at radius 2 is 1.77 bits per heavy atom. The normalized spacial score (nSPS) is 11.4. The van der Waals surface area contributed by atoms with Crippen molar-refractivity contribution >= 4 is 45.0 Å². The van der Waals surface area contributed by atoms with Gasteiger partial charge in [0.05, 0.1) is 21.1 Å². The molecule has 0 atom stereocenters. The average Bonchev–Trinajstić information content (AvgIpc) is 2.54. The fourth-order valence-corrected chi connectivity index (χ4v) is 3.19. The number of fused-ring (bicyclic) bond motifs is 2. The molecule has 2 aromatic carbocycles. The molecule has 3 aromatic rings. The maximum Gasteiger partial charge on any atom is 0.197 e. The van der Waals surface area contributed by atoms with Crippen molar-refractivity contribution in [2.45, 2.75) is 19.4 Å². The van der Waals surface area contributed by atoms with E-state index in [1.54, 1.807) is 12.1 Å². The van der Waals surface area contributed by atoms with Crippen LogP contribution in [0.2, 0.25) is 10.0 Å². The lowest BCUT2D eigenvalue weighted by molar-refractivity contribution is 0.282. The molecular weight excluding hydrogens is 321 g/mol. The lowest BCUT2D eigenvalue weighted by atomic mass is 10.1. The fraction of sp³-hybridized carbons (Fsp3) is 0.235. The van der Waals surface area contributed by atoms with Gasteiger partial charge in [-0.3, -0.25) is 4.79 Å². The van der Waals surface area contributed by atoms with Gasteiger partial charge in [0.2, 0.25) is 0 Å². The molecule has 0 bridgehead atoms. The van der Waals surface area contributed by atoms with E-state index in [-0.39, 0.29) is 12.0 Å². The van der Waals surface area contributed by atoms with E-state index < -0.39 is 0 Å². The Kier molecular flexibility index (Phi) is 4.39. The number of aliphatic hydroxyl groups is 1. The Balaban J connectivity index is 2.41. The number of pyridine rings is 1. The molecule has 22 heavy (non-hydrogen) atoms. The molecule has 5 heteroatoms. The first-order chi connectivity index (χ1) is 10.6. The first kappa shape index (κ1) is 15.3. The van der Waals surface area contributed by atoms with Crippen molar-refractivity contribution < 1.29 is 5.11 Å². The van der Waals surface area contributed by atoms with Crippen molar-refractivity contribution in [3.8, 4) is 0 Å². The second-order valence-electron chi connectivity index (χ2n) is 5.19. The van der Waals surface area contributed by atoms with Crippen LogP contribution in [0.25, 0.3) is 21.8 Å². The van der Waals surface area contributed by atoms with Gasteiger partial charge in [0.15, 0.2) is 5.43 Å². The van der Waals surface area contributed by atoms with E-state index in [4.69, 9.17) is 28.3 Å². The maximum absolute atomic E-state index is 12.7. The summed E-state index contributed by atoms with van der Waals surface area (Å²) in [4.78, 5) is 12.7. The highest BCUT2D eigenvalue weighted by Gasteiger charge is 2.14. The third-order valence-corrected chi connectivity index (χ3v) is 4.61. The largest absolute Gasteiger partial charge is 0.396 e. The molecule has 0 fully saturated rings. The molecule has 0 aliphatic heterocycles. The van der Waals surface area contributed by atoms with Crippen molar-refractivity contribution in [3.05, 3.63) is 56.7 Å². The van der Waals surface area contributed by atoms with Gasteiger partial charge in [0.25, 0.3) is 0 Å². The smallest absolute Gasteiger partial charge is 0.197 e. The van der Waals surface area contributed by atoms with E-state index >= 15 is 0 Å². The summed E-state index contributed by atoms with van der Waals surface area (Å²) in [5.41, 5.74) is 1.46. The number of rotatable bonds is 4. The Labute approximate surface area is 137 Å². The number of aliphatic hydroxyl groups excluding tert-OH is 1. The molecule has 0 unspecified atom stereocenters. The van der Waals surface area contributed by atoms with Crippen LogP contribution in [0.15, 0.2) is 41.2 Å². The van der Waals surface area contributed by atoms with E-state index in [0.717, 1.165) is 11.9 Å². The third kappa shape index (κ3) is 2.50. The van der Waals surface area contributed by atoms with Gasteiger partial charge < -0.3 is 9.67 Å². The predicted molar refractivity (Wildman–Crippen MR) is 92.1 cm³/mol. The molecule has 0 saturated carbocycles. The second-order valence-corrected chi connectivity index (χ2v) is 5.97. The highest BCUT2D eigenvalue weighted by Crippen LogP contribution is 2.31. The Morgan fingerprint density at radius 1 is 1.00 bits per heavy atom. The van der Waals surface area contributed by atoms with Gasteiger partial charge in [-0.25, -0.2) is 0 Å². The zero-order valence-corrected chi connectivity index (χ0v) is 13.4. The SMILES string of the molecule is O=c1c2ccccc2n(CCCCO)c2c(Cl)c(Cl)ccc12. The monoisotopic (exact) mass is 335 g/mol. The molecule has 114 valence electrons. The summed E-state index contributed by atoms with van der Waals surface area (Å²) in [6.07, 6.45) is 1.49. The molecule has 0 aliphatic rings. The number of aryl methyl sites for hydroxylation is 1. The Bertz CT molecular complexity index is 902. The van der Waals surface area contributed by atoms with Gasteiger partial charge in [-0.15, -0.1) is 0 Å². The van der Waals surface area contributed by atoms with E-state index in [2.05, 4.69) is 0 Å². The molecule has 0 spiro atoms. The molecule has 0 saturated heterocycles. The van der Waals surface area contributed by atoms with E-state index in [9.17, 15) is 4.79 Å². The number of nitrogens with zero attached hydrogens (tertiary/aromatic N) is 1. The quantitative estimate of drug-likeness (QED) is 0.572. The summed E-state index contributed by atoms with van der Waals surface area (Å²) >= 11 is 12.5. The molecule has 0 radical (unpaired) electrons. The van der Waals surface area contributed by atoms with Crippen LogP contribution in [0, 0.1) is 0 Å². The lowest BCUT2D eigenvalue weighted by Crippen LogP contribution is -2.12. The van der Waals surface area contributed by atoms with Gasteiger partial charge in [-0.05, 0) is 37.1 Å². The topological polar surface area (TPSA) is 42.2 Å². The molecule has 3 nitrogen and oxygen atoms in total. The summed E-state index contributed by atoms with van der Waals surface area (Å²) in [7, 11) is 0. The number of aromatic nitrogens is 1. The van der Waals surface area contributed by atoms with E-state index in [0.29, 0.717) is 39.3 Å². The van der Waals surface area contributed by atoms with Gasteiger partial charge >= 0.3 is 0 Å². The minimum absolute atomic E-state index is 0.0393. The highest BCUT2D eigenvalue weighted by molar-refractivity contribution is 6.45. The van der Waals surface area contributed by atoms with Crippen molar-refractivity contribution in [2.24, 2.45) is 0 Å². The minimum Gasteiger partial charge on any atom is -0.396 e. The second kappa shape index (κ2) is 6.29. The van der Waals surface area contributed by atoms with Crippen LogP contribution >= 0.6 is 23.2 Å². The summed E-state index contributed by atoms with van der Waals surface area (Å²) in [5, 5.41) is 11.1. The van der Waals surface area contributed by atoms with Crippen molar-refractivity contribution in [3.63, 3.8) is 0 Å². The number of hydrogen-bond acceptors (Lipinski definition) is 2. The van der Waals surface area contributed by atoms with Crippen LogP contribution in [0.4, 0.5) is 0 Å². The van der Waals surface area contributed by atoms with Gasteiger partial charge in [0, 0.05) is 23.9 Å². The molecule has 0 aliphatic carbocycles. The number of para-hydroxylation sites is 1. The van der Waals surface area contributed by atoms with Crippen molar-refractivity contribution in [1.29, 1.82) is 0 Å². The molecular formula is C17H15Cl2NO2. The number of unbranched alkanes of at least 4 members (excludes halogenated alkanes) is 1. The fourth-order valence-electron chi connectivity index (χ4n) is 2.77. The molecule has 1 N–H and O–H groups in total. The zero-order valence-electron chi connectivity index (χ0n) is 11.9. The third-order valence-electron chi connectivity index (χ3n) is 3.81.